The molecule has 2 atom stereocenters. The van der Waals surface area contributed by atoms with Gasteiger partial charge in [0, 0.05) is 18.6 Å². The molecule has 0 aromatic heterocycles. The fourth-order valence-electron chi connectivity index (χ4n) is 2.52. The molecule has 1 heterocycles. The summed E-state index contributed by atoms with van der Waals surface area (Å²) in [4.78, 5) is 26.2. The lowest BCUT2D eigenvalue weighted by Gasteiger charge is -2.38. The number of aliphatic hydroxyl groups is 1. The monoisotopic (exact) mass is 255 g/mol. The zero-order chi connectivity index (χ0) is 14.1. The van der Waals surface area contributed by atoms with E-state index < -0.39 is 11.0 Å². The Morgan fingerprint density at radius 1 is 1.44 bits per heavy atom. The summed E-state index contributed by atoms with van der Waals surface area (Å²) in [5.41, 5.74) is -1.15. The van der Waals surface area contributed by atoms with Crippen LogP contribution in [0.1, 0.15) is 53.9 Å². The first-order valence-electron chi connectivity index (χ1n) is 6.71. The average Bonchev–Trinajstić information content (AvgIpc) is 2.51. The molecular formula is C14H25NO3. The van der Waals surface area contributed by atoms with Gasteiger partial charge in [0.25, 0.3) is 0 Å². The lowest BCUT2D eigenvalue weighted by atomic mass is 9.77. The van der Waals surface area contributed by atoms with Crippen molar-refractivity contribution in [2.45, 2.75) is 59.4 Å². The highest BCUT2D eigenvalue weighted by atomic mass is 16.3. The first-order valence-corrected chi connectivity index (χ1v) is 6.71. The number of rotatable bonds is 5. The van der Waals surface area contributed by atoms with Crippen molar-refractivity contribution in [2.24, 2.45) is 11.3 Å². The lowest BCUT2D eigenvalue weighted by Crippen LogP contribution is -2.51. The predicted octanol–water partition coefficient (Wildman–Crippen LogP) is 1.96. The summed E-state index contributed by atoms with van der Waals surface area (Å²) in [6.45, 7) is 9.63. The number of hydrogen-bond donors (Lipinski definition) is 1. The quantitative estimate of drug-likeness (QED) is 0.764. The number of amides is 2. The SMILES string of the molecule is CCC(C)(CCO)N1C(=O)CC(C)(C(C)C)C1=O. The summed E-state index contributed by atoms with van der Waals surface area (Å²) >= 11 is 0. The van der Waals surface area contributed by atoms with Crippen LogP contribution in [0.15, 0.2) is 0 Å². The first-order chi connectivity index (χ1) is 8.23. The van der Waals surface area contributed by atoms with E-state index in [1.807, 2.05) is 34.6 Å². The van der Waals surface area contributed by atoms with E-state index in [-0.39, 0.29) is 30.8 Å². The van der Waals surface area contributed by atoms with Crippen LogP contribution in [0, 0.1) is 11.3 Å². The Hall–Kier alpha value is -0.900. The number of aliphatic hydroxyl groups excluding tert-OH is 1. The zero-order valence-corrected chi connectivity index (χ0v) is 12.1. The van der Waals surface area contributed by atoms with E-state index in [1.54, 1.807) is 0 Å². The maximum atomic E-state index is 12.6. The number of imide groups is 1. The normalized spacial score (nSPS) is 28.1. The van der Waals surface area contributed by atoms with Crippen molar-refractivity contribution in [1.82, 2.24) is 4.90 Å². The number of carbonyl (C=O) groups excluding carboxylic acids is 2. The van der Waals surface area contributed by atoms with Gasteiger partial charge in [0.05, 0.1) is 5.41 Å². The molecule has 18 heavy (non-hydrogen) atoms. The molecule has 4 nitrogen and oxygen atoms in total. The van der Waals surface area contributed by atoms with Crippen LogP contribution in [-0.2, 0) is 9.59 Å². The molecule has 0 spiro atoms. The molecule has 1 fully saturated rings. The van der Waals surface area contributed by atoms with E-state index >= 15 is 0 Å². The van der Waals surface area contributed by atoms with E-state index in [0.29, 0.717) is 12.8 Å². The molecule has 0 aliphatic carbocycles. The van der Waals surface area contributed by atoms with E-state index in [2.05, 4.69) is 0 Å². The van der Waals surface area contributed by atoms with Gasteiger partial charge in [-0.05, 0) is 32.6 Å². The maximum Gasteiger partial charge on any atom is 0.236 e. The predicted molar refractivity (Wildman–Crippen MR) is 69.8 cm³/mol. The molecule has 1 saturated heterocycles. The molecule has 0 radical (unpaired) electrons. The fraction of sp³-hybridized carbons (Fsp3) is 0.857. The van der Waals surface area contributed by atoms with Crippen molar-refractivity contribution >= 4 is 11.8 Å². The zero-order valence-electron chi connectivity index (χ0n) is 12.1. The summed E-state index contributed by atoms with van der Waals surface area (Å²) in [6.07, 6.45) is 1.39. The van der Waals surface area contributed by atoms with E-state index in [0.717, 1.165) is 0 Å². The number of nitrogens with zero attached hydrogens (tertiary/aromatic N) is 1. The van der Waals surface area contributed by atoms with Crippen LogP contribution in [0.5, 0.6) is 0 Å². The van der Waals surface area contributed by atoms with Gasteiger partial charge in [-0.15, -0.1) is 0 Å². The second kappa shape index (κ2) is 5.00. The fourth-order valence-corrected chi connectivity index (χ4v) is 2.52. The van der Waals surface area contributed by atoms with Crippen molar-refractivity contribution in [3.8, 4) is 0 Å². The summed E-state index contributed by atoms with van der Waals surface area (Å²) in [6, 6.07) is 0. The lowest BCUT2D eigenvalue weighted by molar-refractivity contribution is -0.149. The summed E-state index contributed by atoms with van der Waals surface area (Å²) in [5.74, 6) is -0.0523. The average molecular weight is 255 g/mol. The highest BCUT2D eigenvalue weighted by Crippen LogP contribution is 2.43. The third-order valence-electron chi connectivity index (χ3n) is 4.69. The molecule has 1 aliphatic heterocycles. The van der Waals surface area contributed by atoms with Gasteiger partial charge >= 0.3 is 0 Å². The Balaban J connectivity index is 3.11. The van der Waals surface area contributed by atoms with Crippen molar-refractivity contribution < 1.29 is 14.7 Å². The van der Waals surface area contributed by atoms with Gasteiger partial charge < -0.3 is 5.11 Å². The molecule has 2 amide bonds. The Kier molecular flexibility index (Phi) is 4.21. The molecule has 2 unspecified atom stereocenters. The van der Waals surface area contributed by atoms with Crippen LogP contribution in [0.3, 0.4) is 0 Å². The van der Waals surface area contributed by atoms with Gasteiger partial charge in [-0.25, -0.2) is 0 Å². The number of likely N-dealkylation sites (tertiary alicyclic amines) is 1. The molecule has 0 bridgehead atoms. The highest BCUT2D eigenvalue weighted by Gasteiger charge is 2.54. The van der Waals surface area contributed by atoms with Gasteiger partial charge in [-0.3, -0.25) is 14.5 Å². The van der Waals surface area contributed by atoms with Gasteiger partial charge in [0.2, 0.25) is 11.8 Å². The second-order valence-electron chi connectivity index (χ2n) is 6.11. The molecule has 0 aromatic carbocycles. The second-order valence-corrected chi connectivity index (χ2v) is 6.11. The van der Waals surface area contributed by atoms with Gasteiger partial charge in [0.15, 0.2) is 0 Å². The summed E-state index contributed by atoms with van der Waals surface area (Å²) in [7, 11) is 0. The van der Waals surface area contributed by atoms with Crippen molar-refractivity contribution in [3.05, 3.63) is 0 Å². The topological polar surface area (TPSA) is 57.6 Å². The molecule has 1 rings (SSSR count). The minimum atomic E-state index is -0.594. The van der Waals surface area contributed by atoms with Crippen LogP contribution in [-0.4, -0.2) is 34.0 Å². The van der Waals surface area contributed by atoms with Crippen LogP contribution in [0.25, 0.3) is 0 Å². The number of carbonyl (C=O) groups is 2. The Labute approximate surface area is 109 Å². The van der Waals surface area contributed by atoms with Gasteiger partial charge in [0.1, 0.15) is 0 Å². The third kappa shape index (κ3) is 2.18. The summed E-state index contributed by atoms with van der Waals surface area (Å²) < 4.78 is 0. The third-order valence-corrected chi connectivity index (χ3v) is 4.69. The van der Waals surface area contributed by atoms with E-state index in [4.69, 9.17) is 5.11 Å². The molecule has 0 saturated carbocycles. The molecule has 1 aliphatic rings. The Bertz CT molecular complexity index is 353. The minimum absolute atomic E-state index is 0.0141. The van der Waals surface area contributed by atoms with Crippen LogP contribution < -0.4 is 0 Å². The largest absolute Gasteiger partial charge is 0.396 e. The maximum absolute atomic E-state index is 12.6. The molecular weight excluding hydrogens is 230 g/mol. The van der Waals surface area contributed by atoms with Crippen molar-refractivity contribution in [2.75, 3.05) is 6.61 Å². The smallest absolute Gasteiger partial charge is 0.236 e. The van der Waals surface area contributed by atoms with E-state index in [9.17, 15) is 9.59 Å². The Morgan fingerprint density at radius 3 is 2.33 bits per heavy atom. The molecule has 4 heteroatoms. The van der Waals surface area contributed by atoms with E-state index in [1.165, 1.54) is 4.90 Å². The van der Waals surface area contributed by atoms with Crippen LogP contribution in [0.2, 0.25) is 0 Å². The molecule has 0 aromatic rings. The van der Waals surface area contributed by atoms with Crippen LogP contribution >= 0.6 is 0 Å². The van der Waals surface area contributed by atoms with Gasteiger partial charge in [-0.2, -0.15) is 0 Å². The Morgan fingerprint density at radius 2 is 2.00 bits per heavy atom. The molecule has 104 valence electrons. The highest BCUT2D eigenvalue weighted by molar-refractivity contribution is 6.06. The number of hydrogen-bond acceptors (Lipinski definition) is 3. The standard InChI is InChI=1S/C14H25NO3/c1-6-13(4,7-8-16)15-11(17)9-14(5,10(2)3)12(15)18/h10,16H,6-9H2,1-5H3. The minimum Gasteiger partial charge on any atom is -0.396 e. The molecule has 1 N–H and O–H groups in total. The van der Waals surface area contributed by atoms with Gasteiger partial charge in [-0.1, -0.05) is 20.8 Å². The summed E-state index contributed by atoms with van der Waals surface area (Å²) in [5, 5.41) is 9.16. The van der Waals surface area contributed by atoms with Crippen molar-refractivity contribution in [1.29, 1.82) is 0 Å². The van der Waals surface area contributed by atoms with Crippen molar-refractivity contribution in [3.63, 3.8) is 0 Å². The van der Waals surface area contributed by atoms with Crippen LogP contribution in [0.4, 0.5) is 0 Å². The first kappa shape index (κ1) is 15.2.